The number of rotatable bonds is 21. The van der Waals surface area contributed by atoms with Crippen molar-refractivity contribution >= 4 is 25.8 Å². The van der Waals surface area contributed by atoms with E-state index in [1.54, 1.807) is 24.4 Å². The molecule has 0 saturated heterocycles. The lowest BCUT2D eigenvalue weighted by Gasteiger charge is -2.27. The number of amides is 3. The van der Waals surface area contributed by atoms with Crippen LogP contribution in [0.5, 0.6) is 5.75 Å². The number of hydrogen-bond donors (Lipinski definition) is 2. The van der Waals surface area contributed by atoms with Crippen LogP contribution in [-0.2, 0) is 14.3 Å². The van der Waals surface area contributed by atoms with Crippen molar-refractivity contribution in [2.24, 2.45) is 11.7 Å². The molecule has 1 heterocycles. The number of primary amides is 1. The summed E-state index contributed by atoms with van der Waals surface area (Å²) in [5.74, 6) is -0.283. The average Bonchev–Trinajstić information content (AvgIpc) is 3.44. The first-order valence-electron chi connectivity index (χ1n) is 15.9. The van der Waals surface area contributed by atoms with E-state index in [4.69, 9.17) is 15.2 Å². The maximum atomic E-state index is 13.6. The van der Waals surface area contributed by atoms with Crippen molar-refractivity contribution < 1.29 is 23.9 Å². The summed E-state index contributed by atoms with van der Waals surface area (Å²) in [6.07, 6.45) is 14.1. The van der Waals surface area contributed by atoms with Gasteiger partial charge in [0.1, 0.15) is 11.8 Å². The maximum Gasteiger partial charge on any atom is 0.262 e. The number of carbonyl (C=O) groups is 3. The summed E-state index contributed by atoms with van der Waals surface area (Å²) >= 11 is 0. The molecule has 3 amide bonds. The van der Waals surface area contributed by atoms with Crippen LogP contribution in [-0.4, -0.2) is 56.2 Å². The summed E-state index contributed by atoms with van der Waals surface area (Å²) in [5.41, 5.74) is 5.80. The van der Waals surface area contributed by atoms with Crippen molar-refractivity contribution in [3.05, 3.63) is 42.1 Å². The summed E-state index contributed by atoms with van der Waals surface area (Å²) < 4.78 is 11.5. The number of nitrogens with one attached hydrogen (secondary N) is 1. The van der Waals surface area contributed by atoms with Gasteiger partial charge in [0.25, 0.3) is 5.91 Å². The van der Waals surface area contributed by atoms with Crippen molar-refractivity contribution in [2.45, 2.75) is 122 Å². The lowest BCUT2D eigenvalue weighted by molar-refractivity contribution is -0.125. The second-order valence-electron chi connectivity index (χ2n) is 12.8. The fourth-order valence-electron chi connectivity index (χ4n) is 4.98. The predicted molar refractivity (Wildman–Crippen MR) is 172 cm³/mol. The molecule has 0 spiro atoms. The zero-order chi connectivity index (χ0) is 31.0. The van der Waals surface area contributed by atoms with Crippen LogP contribution in [0.1, 0.15) is 94.8 Å². The first-order chi connectivity index (χ1) is 20.0. The molecule has 42 heavy (non-hydrogen) atoms. The van der Waals surface area contributed by atoms with Crippen molar-refractivity contribution in [2.75, 3.05) is 13.4 Å². The Balaban J connectivity index is 1.97. The normalized spacial score (nSPS) is 16.3. The lowest BCUT2D eigenvalue weighted by Crippen LogP contribution is -2.48. The van der Waals surface area contributed by atoms with E-state index in [0.29, 0.717) is 24.3 Å². The fourth-order valence-corrected chi connectivity index (χ4v) is 5.73. The van der Waals surface area contributed by atoms with E-state index < -0.39 is 14.1 Å². The van der Waals surface area contributed by atoms with Gasteiger partial charge in [-0.3, -0.25) is 14.4 Å². The highest BCUT2D eigenvalue weighted by atomic mass is 28.3. The average molecular weight is 602 g/mol. The zero-order valence-corrected chi connectivity index (χ0v) is 27.7. The molecule has 0 aromatic heterocycles. The Morgan fingerprint density at radius 2 is 1.69 bits per heavy atom. The Morgan fingerprint density at radius 1 is 1.02 bits per heavy atom. The molecular weight excluding hydrogens is 546 g/mol. The second kappa shape index (κ2) is 18.8. The smallest absolute Gasteiger partial charge is 0.262 e. The van der Waals surface area contributed by atoms with Crippen LogP contribution in [0.25, 0.3) is 0 Å². The topological polar surface area (TPSA) is 111 Å². The molecule has 3 atom stereocenters. The van der Waals surface area contributed by atoms with Crippen LogP contribution in [0.4, 0.5) is 0 Å². The minimum Gasteiger partial charge on any atom is -0.467 e. The third-order valence-electron chi connectivity index (χ3n) is 7.84. The van der Waals surface area contributed by atoms with E-state index in [1.807, 2.05) is 19.1 Å². The second-order valence-corrected chi connectivity index (χ2v) is 18.4. The first kappa shape index (κ1) is 35.5. The van der Waals surface area contributed by atoms with Gasteiger partial charge in [-0.2, -0.15) is 0 Å². The minimum absolute atomic E-state index is 0.0596. The third kappa shape index (κ3) is 13.1. The van der Waals surface area contributed by atoms with Crippen molar-refractivity contribution in [1.29, 1.82) is 0 Å². The first-order valence-corrected chi connectivity index (χ1v) is 19.6. The van der Waals surface area contributed by atoms with Crippen LogP contribution in [0.2, 0.25) is 25.7 Å². The summed E-state index contributed by atoms with van der Waals surface area (Å²) in [6.45, 7) is 11.7. The Hall–Kier alpha value is -2.65. The van der Waals surface area contributed by atoms with Crippen LogP contribution < -0.4 is 15.8 Å². The largest absolute Gasteiger partial charge is 0.467 e. The van der Waals surface area contributed by atoms with Gasteiger partial charge >= 0.3 is 0 Å². The number of para-hydroxylation sites is 1. The molecule has 1 aromatic rings. The van der Waals surface area contributed by atoms with Crippen LogP contribution in [0.3, 0.4) is 0 Å². The van der Waals surface area contributed by atoms with Gasteiger partial charge in [0, 0.05) is 32.8 Å². The van der Waals surface area contributed by atoms with Gasteiger partial charge in [0.2, 0.25) is 11.8 Å². The maximum absolute atomic E-state index is 13.6. The fraction of sp³-hybridized carbons (Fsp3) is 0.667. The van der Waals surface area contributed by atoms with Gasteiger partial charge in [-0.1, -0.05) is 96.6 Å². The van der Waals surface area contributed by atoms with Gasteiger partial charge < -0.3 is 25.4 Å². The molecule has 1 aromatic carbocycles. The number of benzene rings is 1. The minimum atomic E-state index is -1.20. The standard InChI is InChI=1S/C33H55N3O5Si/c1-6-7-8-11-17-27(18-12-9-10-16-26(2)31(34)37)35-32(38)29-20-15-22-36(29)33(39)28-19-13-14-21-30(28)41-25-40-23-24-42(3,4)5/h13-15,19,21-22,26-27,29H,6-12,16-18,20,23-25H2,1-5H3,(H2,34,37)(H,35,38)/t26-,27-,29+/m1/s1. The molecule has 236 valence electrons. The summed E-state index contributed by atoms with van der Waals surface area (Å²) in [4.78, 5) is 40.0. The molecule has 0 aliphatic carbocycles. The zero-order valence-electron chi connectivity index (χ0n) is 26.7. The highest BCUT2D eigenvalue weighted by molar-refractivity contribution is 6.76. The summed E-state index contributed by atoms with van der Waals surface area (Å²) in [6, 6.07) is 7.64. The highest BCUT2D eigenvalue weighted by Gasteiger charge is 2.33. The highest BCUT2D eigenvalue weighted by Crippen LogP contribution is 2.25. The van der Waals surface area contributed by atoms with E-state index in [9.17, 15) is 14.4 Å². The van der Waals surface area contributed by atoms with Gasteiger partial charge in [-0.05, 0) is 43.9 Å². The van der Waals surface area contributed by atoms with E-state index in [-0.39, 0.29) is 36.5 Å². The molecule has 2 rings (SSSR count). The molecule has 0 bridgehead atoms. The molecule has 9 heteroatoms. The van der Waals surface area contributed by atoms with Crippen molar-refractivity contribution in [3.63, 3.8) is 0 Å². The Kier molecular flexibility index (Phi) is 15.9. The molecule has 0 unspecified atom stereocenters. The number of nitrogens with two attached hydrogens (primary N) is 1. The van der Waals surface area contributed by atoms with E-state index in [2.05, 4.69) is 31.9 Å². The quantitative estimate of drug-likeness (QED) is 0.0933. The Bertz CT molecular complexity index is 1010. The van der Waals surface area contributed by atoms with Crippen LogP contribution >= 0.6 is 0 Å². The van der Waals surface area contributed by atoms with E-state index in [1.165, 1.54) is 11.3 Å². The summed E-state index contributed by atoms with van der Waals surface area (Å²) in [7, 11) is -1.20. The SMILES string of the molecule is CCCCCC[C@H](CCCCC[C@@H](C)C(N)=O)NC(=O)[C@@H]1CC=CN1C(=O)c1ccccc1OCOCC[Si](C)(C)C. The number of hydrogen-bond acceptors (Lipinski definition) is 5. The number of carbonyl (C=O) groups excluding carboxylic acids is 3. The predicted octanol–water partition coefficient (Wildman–Crippen LogP) is 6.63. The monoisotopic (exact) mass is 601 g/mol. The van der Waals surface area contributed by atoms with Crippen molar-refractivity contribution in [1.82, 2.24) is 10.2 Å². The van der Waals surface area contributed by atoms with E-state index in [0.717, 1.165) is 63.8 Å². The molecule has 8 nitrogen and oxygen atoms in total. The van der Waals surface area contributed by atoms with Gasteiger partial charge in [0.15, 0.2) is 6.79 Å². The lowest BCUT2D eigenvalue weighted by atomic mass is 9.98. The number of ether oxygens (including phenoxy) is 2. The Labute approximate surface area is 254 Å². The van der Waals surface area contributed by atoms with E-state index >= 15 is 0 Å². The van der Waals surface area contributed by atoms with Gasteiger partial charge in [0.05, 0.1) is 5.56 Å². The Morgan fingerprint density at radius 3 is 2.36 bits per heavy atom. The molecule has 0 radical (unpaired) electrons. The van der Waals surface area contributed by atoms with Crippen molar-refractivity contribution in [3.8, 4) is 5.75 Å². The van der Waals surface area contributed by atoms with Crippen LogP contribution in [0, 0.1) is 5.92 Å². The van der Waals surface area contributed by atoms with Crippen LogP contribution in [0.15, 0.2) is 36.5 Å². The molecule has 3 N–H and O–H groups in total. The number of unbranched alkanes of at least 4 members (excludes halogenated alkanes) is 5. The van der Waals surface area contributed by atoms with Gasteiger partial charge in [-0.15, -0.1) is 0 Å². The molecular formula is C33H55N3O5Si. The number of nitrogens with zero attached hydrogens (tertiary/aromatic N) is 1. The molecule has 1 aliphatic heterocycles. The molecule has 1 aliphatic rings. The van der Waals surface area contributed by atoms with Gasteiger partial charge in [-0.25, -0.2) is 0 Å². The summed E-state index contributed by atoms with van der Waals surface area (Å²) in [5, 5.41) is 3.27. The molecule has 0 saturated carbocycles. The molecule has 0 fully saturated rings. The third-order valence-corrected chi connectivity index (χ3v) is 9.54.